The van der Waals surface area contributed by atoms with Crippen LogP contribution in [0.3, 0.4) is 0 Å². The first kappa shape index (κ1) is 14.2. The van der Waals surface area contributed by atoms with Crippen molar-refractivity contribution in [3.63, 3.8) is 0 Å². The Balaban J connectivity index is 2.12. The Bertz CT molecular complexity index is 471. The average Bonchev–Trinajstić information content (AvgIpc) is 2.39. The van der Waals surface area contributed by atoms with Gasteiger partial charge >= 0.3 is 0 Å². The van der Waals surface area contributed by atoms with Crippen molar-refractivity contribution >= 4 is 17.7 Å². The molecule has 4 heteroatoms. The number of nitrogens with one attached hydrogen (secondary N) is 1. The molecule has 0 saturated heterocycles. The lowest BCUT2D eigenvalue weighted by Crippen LogP contribution is -2.17. The van der Waals surface area contributed by atoms with E-state index in [4.69, 9.17) is 21.1 Å². The van der Waals surface area contributed by atoms with Crippen LogP contribution in [0.25, 0.3) is 6.08 Å². The van der Waals surface area contributed by atoms with Crippen LogP contribution in [0.2, 0.25) is 5.02 Å². The number of fused-ring (bicyclic) bond motifs is 1. The van der Waals surface area contributed by atoms with Crippen molar-refractivity contribution in [2.45, 2.75) is 20.3 Å². The highest BCUT2D eigenvalue weighted by Gasteiger charge is 2.15. The van der Waals surface area contributed by atoms with Crippen LogP contribution in [-0.2, 0) is 0 Å². The molecule has 0 atom stereocenters. The first-order valence-corrected chi connectivity index (χ1v) is 7.05. The maximum atomic E-state index is 6.21. The van der Waals surface area contributed by atoms with E-state index >= 15 is 0 Å². The predicted octanol–water partition coefficient (Wildman–Crippen LogP) is 3.51. The quantitative estimate of drug-likeness (QED) is 0.838. The maximum absolute atomic E-state index is 6.21. The Kier molecular flexibility index (Phi) is 5.11. The summed E-state index contributed by atoms with van der Waals surface area (Å²) >= 11 is 6.21. The third kappa shape index (κ3) is 3.88. The molecular weight excluding hydrogens is 262 g/mol. The molecule has 0 bridgehead atoms. The number of halogens is 1. The monoisotopic (exact) mass is 281 g/mol. The smallest absolute Gasteiger partial charge is 0.179 e. The Labute approximate surface area is 119 Å². The molecule has 0 radical (unpaired) electrons. The Hall–Kier alpha value is -1.19. The summed E-state index contributed by atoms with van der Waals surface area (Å²) in [6, 6.07) is 3.89. The van der Waals surface area contributed by atoms with Crippen LogP contribution in [0.5, 0.6) is 11.5 Å². The van der Waals surface area contributed by atoms with Gasteiger partial charge in [0.1, 0.15) is 13.2 Å². The third-order valence-electron chi connectivity index (χ3n) is 2.86. The largest absolute Gasteiger partial charge is 0.486 e. The van der Waals surface area contributed by atoms with Gasteiger partial charge in [-0.3, -0.25) is 0 Å². The standard InChI is InChI=1S/C15H20ClNO2/c1-3-4-17-10-11(2)7-12-8-13(16)15-14(9-12)18-5-6-19-15/h7-9,17H,3-6,10H2,1-2H3. The molecule has 0 amide bonds. The first-order chi connectivity index (χ1) is 9.20. The molecule has 0 unspecified atom stereocenters. The lowest BCUT2D eigenvalue weighted by molar-refractivity contribution is 0.171. The minimum absolute atomic E-state index is 0.557. The van der Waals surface area contributed by atoms with Gasteiger partial charge in [-0.25, -0.2) is 0 Å². The van der Waals surface area contributed by atoms with Gasteiger partial charge in [-0.15, -0.1) is 0 Å². The molecule has 0 saturated carbocycles. The van der Waals surface area contributed by atoms with Crippen molar-refractivity contribution in [2.75, 3.05) is 26.3 Å². The lowest BCUT2D eigenvalue weighted by atomic mass is 10.1. The minimum Gasteiger partial charge on any atom is -0.486 e. The van der Waals surface area contributed by atoms with Gasteiger partial charge in [-0.05, 0) is 37.6 Å². The fraction of sp³-hybridized carbons (Fsp3) is 0.467. The second-order valence-electron chi connectivity index (χ2n) is 4.69. The number of hydrogen-bond donors (Lipinski definition) is 1. The number of hydrogen-bond acceptors (Lipinski definition) is 3. The summed E-state index contributed by atoms with van der Waals surface area (Å²) < 4.78 is 11.1. The molecule has 1 aliphatic heterocycles. The summed E-state index contributed by atoms with van der Waals surface area (Å²) in [5.41, 5.74) is 2.31. The second kappa shape index (κ2) is 6.83. The third-order valence-corrected chi connectivity index (χ3v) is 3.14. The van der Waals surface area contributed by atoms with Crippen LogP contribution in [0.15, 0.2) is 17.7 Å². The fourth-order valence-corrected chi connectivity index (χ4v) is 2.29. The van der Waals surface area contributed by atoms with Gasteiger partial charge in [0.15, 0.2) is 11.5 Å². The van der Waals surface area contributed by atoms with Gasteiger partial charge in [0, 0.05) is 6.54 Å². The summed E-state index contributed by atoms with van der Waals surface area (Å²) in [4.78, 5) is 0. The zero-order valence-corrected chi connectivity index (χ0v) is 12.2. The molecule has 19 heavy (non-hydrogen) atoms. The van der Waals surface area contributed by atoms with Crippen LogP contribution in [0.1, 0.15) is 25.8 Å². The van der Waals surface area contributed by atoms with Gasteiger partial charge < -0.3 is 14.8 Å². The van der Waals surface area contributed by atoms with Crippen LogP contribution in [0.4, 0.5) is 0 Å². The summed E-state index contributed by atoms with van der Waals surface area (Å²) in [5, 5.41) is 3.98. The van der Waals surface area contributed by atoms with Crippen LogP contribution in [-0.4, -0.2) is 26.3 Å². The zero-order valence-electron chi connectivity index (χ0n) is 11.5. The average molecular weight is 282 g/mol. The van der Waals surface area contributed by atoms with Crippen LogP contribution < -0.4 is 14.8 Å². The molecule has 104 valence electrons. The van der Waals surface area contributed by atoms with Gasteiger partial charge in [0.2, 0.25) is 0 Å². The number of benzene rings is 1. The van der Waals surface area contributed by atoms with Crippen LogP contribution >= 0.6 is 11.6 Å². The van der Waals surface area contributed by atoms with Crippen molar-refractivity contribution in [3.8, 4) is 11.5 Å². The van der Waals surface area contributed by atoms with E-state index in [1.54, 1.807) is 0 Å². The Morgan fingerprint density at radius 1 is 1.37 bits per heavy atom. The molecule has 1 N–H and O–H groups in total. The molecule has 1 aromatic carbocycles. The molecule has 0 spiro atoms. The molecule has 1 heterocycles. The van der Waals surface area contributed by atoms with E-state index in [1.807, 2.05) is 12.1 Å². The molecule has 1 aromatic rings. The number of rotatable bonds is 5. The van der Waals surface area contributed by atoms with E-state index < -0.39 is 0 Å². The Morgan fingerprint density at radius 2 is 2.16 bits per heavy atom. The summed E-state index contributed by atoms with van der Waals surface area (Å²) in [6.07, 6.45) is 3.26. The van der Waals surface area contributed by atoms with Crippen molar-refractivity contribution in [1.29, 1.82) is 0 Å². The van der Waals surface area contributed by atoms with Crippen LogP contribution in [0, 0.1) is 0 Å². The zero-order chi connectivity index (χ0) is 13.7. The van der Waals surface area contributed by atoms with Crippen molar-refractivity contribution in [1.82, 2.24) is 5.32 Å². The summed E-state index contributed by atoms with van der Waals surface area (Å²) in [5.74, 6) is 1.39. The van der Waals surface area contributed by atoms with E-state index in [2.05, 4.69) is 25.2 Å². The van der Waals surface area contributed by atoms with Gasteiger partial charge in [0.05, 0.1) is 5.02 Å². The number of ether oxygens (including phenoxy) is 2. The molecule has 0 aromatic heterocycles. The van der Waals surface area contributed by atoms with E-state index in [0.29, 0.717) is 24.0 Å². The minimum atomic E-state index is 0.557. The second-order valence-corrected chi connectivity index (χ2v) is 5.10. The van der Waals surface area contributed by atoms with Gasteiger partial charge in [0.25, 0.3) is 0 Å². The normalized spacial score (nSPS) is 14.6. The van der Waals surface area contributed by atoms with Crippen molar-refractivity contribution in [3.05, 3.63) is 28.3 Å². The molecular formula is C15H20ClNO2. The fourth-order valence-electron chi connectivity index (χ4n) is 2.01. The van der Waals surface area contributed by atoms with E-state index in [-0.39, 0.29) is 0 Å². The lowest BCUT2D eigenvalue weighted by Gasteiger charge is -2.19. The molecule has 2 rings (SSSR count). The molecule has 1 aliphatic rings. The first-order valence-electron chi connectivity index (χ1n) is 6.67. The maximum Gasteiger partial charge on any atom is 0.179 e. The molecule has 3 nitrogen and oxygen atoms in total. The van der Waals surface area contributed by atoms with E-state index in [1.165, 1.54) is 5.57 Å². The summed E-state index contributed by atoms with van der Waals surface area (Å²) in [7, 11) is 0. The molecule has 0 aliphatic carbocycles. The highest BCUT2D eigenvalue weighted by atomic mass is 35.5. The van der Waals surface area contributed by atoms with E-state index in [9.17, 15) is 0 Å². The Morgan fingerprint density at radius 3 is 2.95 bits per heavy atom. The SMILES string of the molecule is CCCNCC(C)=Cc1cc(Cl)c2c(c1)OCCO2. The van der Waals surface area contributed by atoms with E-state index in [0.717, 1.165) is 30.8 Å². The predicted molar refractivity (Wildman–Crippen MR) is 79.3 cm³/mol. The van der Waals surface area contributed by atoms with Gasteiger partial charge in [-0.2, -0.15) is 0 Å². The van der Waals surface area contributed by atoms with Crippen molar-refractivity contribution in [2.24, 2.45) is 0 Å². The topological polar surface area (TPSA) is 30.5 Å². The summed E-state index contributed by atoms with van der Waals surface area (Å²) in [6.45, 7) is 7.32. The highest BCUT2D eigenvalue weighted by Crippen LogP contribution is 2.38. The molecule has 0 fully saturated rings. The van der Waals surface area contributed by atoms with Crippen molar-refractivity contribution < 1.29 is 9.47 Å². The highest BCUT2D eigenvalue weighted by molar-refractivity contribution is 6.32. The van der Waals surface area contributed by atoms with Gasteiger partial charge in [-0.1, -0.05) is 30.2 Å².